The van der Waals surface area contributed by atoms with Crippen LogP contribution >= 0.6 is 0 Å². The summed E-state index contributed by atoms with van der Waals surface area (Å²) >= 11 is 0. The summed E-state index contributed by atoms with van der Waals surface area (Å²) in [6, 6.07) is 0.622. The van der Waals surface area contributed by atoms with E-state index >= 15 is 0 Å². The highest BCUT2D eigenvalue weighted by atomic mass is 16.1. The standard InChI is InChI=1S/C18H36N2O/c1-2-3-4-5-6-7-8-9-10-14-18(21)20-17-13-11-12-16(19)15-17/h16-17H,2-15,19H2,1H3,(H,20,21). The quantitative estimate of drug-likeness (QED) is 0.559. The summed E-state index contributed by atoms with van der Waals surface area (Å²) in [5.41, 5.74) is 5.95. The monoisotopic (exact) mass is 296 g/mol. The smallest absolute Gasteiger partial charge is 0.220 e. The van der Waals surface area contributed by atoms with Crippen LogP contribution in [0.4, 0.5) is 0 Å². The third-order valence-corrected chi connectivity index (χ3v) is 4.59. The number of hydrogen-bond acceptors (Lipinski definition) is 2. The maximum absolute atomic E-state index is 11.9. The van der Waals surface area contributed by atoms with Gasteiger partial charge >= 0.3 is 0 Å². The first kappa shape index (κ1) is 18.5. The maximum atomic E-state index is 11.9. The first-order valence-electron chi connectivity index (χ1n) is 9.27. The lowest BCUT2D eigenvalue weighted by Gasteiger charge is -2.27. The number of unbranched alkanes of at least 4 members (excludes halogenated alkanes) is 8. The molecule has 1 fully saturated rings. The van der Waals surface area contributed by atoms with Crippen LogP contribution in [0.25, 0.3) is 0 Å². The lowest BCUT2D eigenvalue weighted by Crippen LogP contribution is -2.42. The number of carbonyl (C=O) groups is 1. The van der Waals surface area contributed by atoms with Crippen LogP contribution in [-0.2, 0) is 4.79 Å². The first-order valence-corrected chi connectivity index (χ1v) is 9.27. The van der Waals surface area contributed by atoms with Gasteiger partial charge in [0.15, 0.2) is 0 Å². The van der Waals surface area contributed by atoms with Crippen molar-refractivity contribution in [3.8, 4) is 0 Å². The van der Waals surface area contributed by atoms with Crippen molar-refractivity contribution in [1.82, 2.24) is 5.32 Å². The molecule has 0 bridgehead atoms. The van der Waals surface area contributed by atoms with Crippen molar-refractivity contribution in [2.24, 2.45) is 5.73 Å². The summed E-state index contributed by atoms with van der Waals surface area (Å²) in [6.45, 7) is 2.26. The average Bonchev–Trinajstić information content (AvgIpc) is 2.45. The second-order valence-electron chi connectivity index (χ2n) is 6.77. The third-order valence-electron chi connectivity index (χ3n) is 4.59. The topological polar surface area (TPSA) is 55.1 Å². The predicted molar refractivity (Wildman–Crippen MR) is 90.2 cm³/mol. The Balaban J connectivity index is 1.89. The van der Waals surface area contributed by atoms with Crippen molar-refractivity contribution < 1.29 is 4.79 Å². The second kappa shape index (κ2) is 12.0. The molecule has 3 N–H and O–H groups in total. The number of nitrogens with two attached hydrogens (primary N) is 1. The minimum absolute atomic E-state index is 0.233. The van der Waals surface area contributed by atoms with Gasteiger partial charge in [-0.25, -0.2) is 0 Å². The molecule has 21 heavy (non-hydrogen) atoms. The molecular weight excluding hydrogens is 260 g/mol. The summed E-state index contributed by atoms with van der Waals surface area (Å²) in [7, 11) is 0. The number of hydrogen-bond donors (Lipinski definition) is 2. The molecular formula is C18H36N2O. The summed E-state index contributed by atoms with van der Waals surface area (Å²) in [5, 5.41) is 3.16. The number of carbonyl (C=O) groups excluding carboxylic acids is 1. The van der Waals surface area contributed by atoms with Crippen LogP contribution in [0.5, 0.6) is 0 Å². The van der Waals surface area contributed by atoms with Crippen molar-refractivity contribution in [1.29, 1.82) is 0 Å². The Labute approximate surface area is 131 Å². The van der Waals surface area contributed by atoms with Gasteiger partial charge in [0, 0.05) is 18.5 Å². The lowest BCUT2D eigenvalue weighted by molar-refractivity contribution is -0.122. The van der Waals surface area contributed by atoms with E-state index in [-0.39, 0.29) is 11.9 Å². The molecule has 0 saturated heterocycles. The second-order valence-corrected chi connectivity index (χ2v) is 6.77. The average molecular weight is 296 g/mol. The van der Waals surface area contributed by atoms with E-state index in [4.69, 9.17) is 5.73 Å². The van der Waals surface area contributed by atoms with Gasteiger partial charge in [-0.2, -0.15) is 0 Å². The highest BCUT2D eigenvalue weighted by Gasteiger charge is 2.20. The van der Waals surface area contributed by atoms with Gasteiger partial charge in [0.1, 0.15) is 0 Å². The molecule has 0 radical (unpaired) electrons. The Morgan fingerprint density at radius 3 is 2.24 bits per heavy atom. The molecule has 0 aromatic heterocycles. The zero-order valence-corrected chi connectivity index (χ0v) is 14.0. The molecule has 0 aromatic rings. The minimum Gasteiger partial charge on any atom is -0.353 e. The predicted octanol–water partition coefficient (Wildman–Crippen LogP) is 4.29. The minimum atomic E-state index is 0.233. The van der Waals surface area contributed by atoms with Crippen molar-refractivity contribution in [3.63, 3.8) is 0 Å². The molecule has 1 aliphatic carbocycles. The van der Waals surface area contributed by atoms with Crippen LogP contribution in [0.2, 0.25) is 0 Å². The molecule has 124 valence electrons. The Kier molecular flexibility index (Phi) is 10.6. The van der Waals surface area contributed by atoms with E-state index < -0.39 is 0 Å². The summed E-state index contributed by atoms with van der Waals surface area (Å²) in [5.74, 6) is 0.233. The molecule has 0 aromatic carbocycles. The van der Waals surface area contributed by atoms with Crippen LogP contribution in [0, 0.1) is 0 Å². The van der Waals surface area contributed by atoms with Crippen molar-refractivity contribution >= 4 is 5.91 Å². The Morgan fingerprint density at radius 1 is 1.00 bits per heavy atom. The van der Waals surface area contributed by atoms with E-state index in [0.717, 1.165) is 32.1 Å². The molecule has 1 aliphatic rings. The molecule has 1 rings (SSSR count). The highest BCUT2D eigenvalue weighted by Crippen LogP contribution is 2.17. The Hall–Kier alpha value is -0.570. The fourth-order valence-corrected chi connectivity index (χ4v) is 3.25. The largest absolute Gasteiger partial charge is 0.353 e. The van der Waals surface area contributed by atoms with E-state index in [9.17, 15) is 4.79 Å². The van der Waals surface area contributed by atoms with Gasteiger partial charge in [0.05, 0.1) is 0 Å². The zero-order chi connectivity index (χ0) is 15.3. The number of rotatable bonds is 11. The first-order chi connectivity index (χ1) is 10.2. The van der Waals surface area contributed by atoms with Gasteiger partial charge in [-0.1, -0.05) is 58.3 Å². The van der Waals surface area contributed by atoms with Crippen molar-refractivity contribution in [2.45, 2.75) is 109 Å². The Morgan fingerprint density at radius 2 is 1.62 bits per heavy atom. The molecule has 1 saturated carbocycles. The van der Waals surface area contributed by atoms with Gasteiger partial charge < -0.3 is 11.1 Å². The fourth-order valence-electron chi connectivity index (χ4n) is 3.25. The zero-order valence-electron chi connectivity index (χ0n) is 14.0. The summed E-state index contributed by atoms with van der Waals surface area (Å²) in [4.78, 5) is 11.9. The van der Waals surface area contributed by atoms with Gasteiger partial charge in [-0.05, 0) is 32.1 Å². The van der Waals surface area contributed by atoms with Gasteiger partial charge in [0.2, 0.25) is 5.91 Å². The van der Waals surface area contributed by atoms with Gasteiger partial charge in [-0.15, -0.1) is 0 Å². The molecule has 0 heterocycles. The molecule has 2 unspecified atom stereocenters. The third kappa shape index (κ3) is 9.89. The number of nitrogens with one attached hydrogen (secondary N) is 1. The molecule has 1 amide bonds. The molecule has 3 nitrogen and oxygen atoms in total. The van der Waals surface area contributed by atoms with Crippen molar-refractivity contribution in [2.75, 3.05) is 0 Å². The highest BCUT2D eigenvalue weighted by molar-refractivity contribution is 5.76. The van der Waals surface area contributed by atoms with E-state index in [0.29, 0.717) is 12.5 Å². The van der Waals surface area contributed by atoms with Crippen LogP contribution in [0.1, 0.15) is 96.8 Å². The summed E-state index contributed by atoms with van der Waals surface area (Å²) < 4.78 is 0. The SMILES string of the molecule is CCCCCCCCCCCC(=O)NC1CCCC(N)C1. The van der Waals surface area contributed by atoms with Crippen molar-refractivity contribution in [3.05, 3.63) is 0 Å². The van der Waals surface area contributed by atoms with E-state index in [1.54, 1.807) is 0 Å². The normalized spacial score (nSPS) is 22.2. The van der Waals surface area contributed by atoms with Crippen LogP contribution in [0.15, 0.2) is 0 Å². The number of amides is 1. The fraction of sp³-hybridized carbons (Fsp3) is 0.944. The molecule has 3 heteroatoms. The van der Waals surface area contributed by atoms with Gasteiger partial charge in [-0.3, -0.25) is 4.79 Å². The van der Waals surface area contributed by atoms with E-state index in [1.165, 1.54) is 51.4 Å². The Bertz CT molecular complexity index is 268. The van der Waals surface area contributed by atoms with Gasteiger partial charge in [0.25, 0.3) is 0 Å². The van der Waals surface area contributed by atoms with E-state index in [1.807, 2.05) is 0 Å². The maximum Gasteiger partial charge on any atom is 0.220 e. The molecule has 0 aliphatic heterocycles. The molecule has 0 spiro atoms. The van der Waals surface area contributed by atoms with Crippen LogP contribution in [0.3, 0.4) is 0 Å². The lowest BCUT2D eigenvalue weighted by atomic mass is 9.91. The molecule has 2 atom stereocenters. The van der Waals surface area contributed by atoms with E-state index in [2.05, 4.69) is 12.2 Å². The van der Waals surface area contributed by atoms with Crippen LogP contribution in [-0.4, -0.2) is 18.0 Å². The summed E-state index contributed by atoms with van der Waals surface area (Å²) in [6.07, 6.45) is 16.7. The van der Waals surface area contributed by atoms with Crippen LogP contribution < -0.4 is 11.1 Å².